The van der Waals surface area contributed by atoms with Crippen molar-refractivity contribution < 1.29 is 39.5 Å². The van der Waals surface area contributed by atoms with Crippen LogP contribution in [0.4, 0.5) is 39.5 Å². The summed E-state index contributed by atoms with van der Waals surface area (Å²) in [7, 11) is 0. The van der Waals surface area contributed by atoms with Crippen LogP contribution in [0, 0.1) is 0 Å². The van der Waals surface area contributed by atoms with Crippen LogP contribution < -0.4 is 0 Å². The van der Waals surface area contributed by atoms with Gasteiger partial charge in [-0.1, -0.05) is 97.1 Å². The zero-order valence-electron chi connectivity index (χ0n) is 31.3. The van der Waals surface area contributed by atoms with Crippen LogP contribution in [-0.4, -0.2) is 19.5 Å². The van der Waals surface area contributed by atoms with E-state index < -0.39 is 35.2 Å². The van der Waals surface area contributed by atoms with E-state index in [4.69, 9.17) is 15.0 Å². The van der Waals surface area contributed by atoms with Gasteiger partial charge < -0.3 is 4.57 Å². The van der Waals surface area contributed by atoms with Crippen molar-refractivity contribution in [2.75, 3.05) is 0 Å². The third-order valence-electron chi connectivity index (χ3n) is 10.3. The van der Waals surface area contributed by atoms with Crippen molar-refractivity contribution in [1.82, 2.24) is 19.5 Å². The third-order valence-corrected chi connectivity index (χ3v) is 10.3. The molecule has 0 bridgehead atoms. The summed E-state index contributed by atoms with van der Waals surface area (Å²) in [6.45, 7) is 0. The van der Waals surface area contributed by atoms with Crippen molar-refractivity contribution in [3.8, 4) is 62.1 Å². The molecular weight excluding hydrogens is 804 g/mol. The van der Waals surface area contributed by atoms with Crippen molar-refractivity contribution >= 4 is 21.8 Å². The minimum Gasteiger partial charge on any atom is -0.309 e. The monoisotopic (exact) mass is 830 g/mol. The van der Waals surface area contributed by atoms with Crippen molar-refractivity contribution in [1.29, 1.82) is 0 Å². The summed E-state index contributed by atoms with van der Waals surface area (Å²) in [5.41, 5.74) is 0.0609. The van der Waals surface area contributed by atoms with Crippen LogP contribution in [0.1, 0.15) is 16.7 Å². The molecule has 0 saturated heterocycles. The van der Waals surface area contributed by atoms with Gasteiger partial charge in [0, 0.05) is 33.2 Å². The van der Waals surface area contributed by atoms with Gasteiger partial charge in [-0.2, -0.15) is 39.5 Å². The van der Waals surface area contributed by atoms with E-state index in [1.807, 2.05) is 65.2 Å². The zero-order valence-corrected chi connectivity index (χ0v) is 31.3. The number of hydrogen-bond donors (Lipinski definition) is 0. The average Bonchev–Trinajstić information content (AvgIpc) is 3.59. The fourth-order valence-corrected chi connectivity index (χ4v) is 7.45. The molecule has 2 aromatic heterocycles. The second-order valence-corrected chi connectivity index (χ2v) is 14.2. The largest absolute Gasteiger partial charge is 0.416 e. The molecule has 9 aromatic rings. The molecule has 0 saturated carbocycles. The van der Waals surface area contributed by atoms with Crippen LogP contribution in [0.15, 0.2) is 164 Å². The summed E-state index contributed by atoms with van der Waals surface area (Å²) >= 11 is 0. The molecule has 0 aliphatic carbocycles. The predicted molar refractivity (Wildman–Crippen MR) is 216 cm³/mol. The number of nitrogens with zero attached hydrogens (tertiary/aromatic N) is 4. The van der Waals surface area contributed by atoms with Gasteiger partial charge >= 0.3 is 18.5 Å². The van der Waals surface area contributed by atoms with Gasteiger partial charge in [0.15, 0.2) is 17.5 Å². The first-order valence-electron chi connectivity index (χ1n) is 18.6. The van der Waals surface area contributed by atoms with Gasteiger partial charge in [-0.3, -0.25) is 0 Å². The fraction of sp³-hybridized carbons (Fsp3) is 0.0625. The number of para-hydroxylation sites is 1. The van der Waals surface area contributed by atoms with Crippen molar-refractivity contribution in [3.05, 3.63) is 180 Å². The Bertz CT molecular complexity index is 3010. The normalized spacial score (nSPS) is 12.3. The lowest BCUT2D eigenvalue weighted by Crippen LogP contribution is -2.11. The number of benzene rings is 7. The van der Waals surface area contributed by atoms with Crippen LogP contribution in [-0.2, 0) is 18.5 Å². The first kappa shape index (κ1) is 39.2. The lowest BCUT2D eigenvalue weighted by atomic mass is 9.96. The Labute approximate surface area is 341 Å². The molecule has 0 N–H and O–H groups in total. The standard InChI is InChI=1S/C48H27F9N4/c49-46(50,51)33-15-9-14-31(22-33)39-27-36(19-20-38(39)45-59-43(28-10-3-1-4-11-28)58-44(60-45)29-12-5-2-6-13-29)61-41-17-8-7-16-37(41)40-25-30(18-21-42(40)61)32-23-34(47(52,53)54)26-35(24-32)48(55,56)57/h1-27H. The van der Waals surface area contributed by atoms with Gasteiger partial charge in [0.05, 0.1) is 27.7 Å². The molecule has 7 aromatic carbocycles. The van der Waals surface area contributed by atoms with Crippen molar-refractivity contribution in [3.63, 3.8) is 0 Å². The van der Waals surface area contributed by atoms with E-state index in [-0.39, 0.29) is 28.6 Å². The predicted octanol–water partition coefficient (Wildman–Crippen LogP) is 14.4. The topological polar surface area (TPSA) is 43.6 Å². The van der Waals surface area contributed by atoms with E-state index in [1.54, 1.807) is 54.6 Å². The van der Waals surface area contributed by atoms with E-state index >= 15 is 0 Å². The van der Waals surface area contributed by atoms with Crippen molar-refractivity contribution in [2.24, 2.45) is 0 Å². The molecule has 0 aliphatic heterocycles. The summed E-state index contributed by atoms with van der Waals surface area (Å²) < 4.78 is 127. The summed E-state index contributed by atoms with van der Waals surface area (Å²) in [6, 6.07) is 41.5. The van der Waals surface area contributed by atoms with Crippen molar-refractivity contribution in [2.45, 2.75) is 18.5 Å². The highest BCUT2D eigenvalue weighted by atomic mass is 19.4. The molecule has 0 amide bonds. The Morgan fingerprint density at radius 2 is 0.852 bits per heavy atom. The molecule has 4 nitrogen and oxygen atoms in total. The van der Waals surface area contributed by atoms with Gasteiger partial charge in [-0.05, 0) is 89.0 Å². The third kappa shape index (κ3) is 7.58. The number of alkyl halides is 9. The zero-order chi connectivity index (χ0) is 42.7. The second kappa shape index (κ2) is 14.8. The van der Waals surface area contributed by atoms with Gasteiger partial charge in [0.2, 0.25) is 0 Å². The summed E-state index contributed by atoms with van der Waals surface area (Å²) in [5, 5.41) is 1.14. The molecule has 0 unspecified atom stereocenters. The lowest BCUT2D eigenvalue weighted by molar-refractivity contribution is -0.143. The highest BCUT2D eigenvalue weighted by molar-refractivity contribution is 6.10. The van der Waals surface area contributed by atoms with Crippen LogP contribution >= 0.6 is 0 Å². The Morgan fingerprint density at radius 3 is 1.46 bits per heavy atom. The van der Waals surface area contributed by atoms with Crippen LogP contribution in [0.2, 0.25) is 0 Å². The van der Waals surface area contributed by atoms with E-state index in [1.165, 1.54) is 18.2 Å². The summed E-state index contributed by atoms with van der Waals surface area (Å²) in [5.74, 6) is 0.868. The van der Waals surface area contributed by atoms with Crippen LogP contribution in [0.3, 0.4) is 0 Å². The number of aromatic nitrogens is 4. The van der Waals surface area contributed by atoms with E-state index in [9.17, 15) is 39.5 Å². The van der Waals surface area contributed by atoms with E-state index in [0.29, 0.717) is 73.5 Å². The minimum atomic E-state index is -5.03. The molecule has 61 heavy (non-hydrogen) atoms. The van der Waals surface area contributed by atoms with Gasteiger partial charge in [-0.25, -0.2) is 15.0 Å². The fourth-order valence-electron chi connectivity index (χ4n) is 7.45. The average molecular weight is 831 g/mol. The highest BCUT2D eigenvalue weighted by Crippen LogP contribution is 2.43. The molecule has 0 radical (unpaired) electrons. The highest BCUT2D eigenvalue weighted by Gasteiger charge is 2.37. The first-order valence-corrected chi connectivity index (χ1v) is 18.6. The molecule has 302 valence electrons. The Kier molecular flexibility index (Phi) is 9.49. The van der Waals surface area contributed by atoms with E-state index in [0.717, 1.165) is 12.1 Å². The quantitative estimate of drug-likeness (QED) is 0.157. The number of rotatable bonds is 6. The molecule has 0 fully saturated rings. The molecule has 0 atom stereocenters. The minimum absolute atomic E-state index is 0.0848. The van der Waals surface area contributed by atoms with E-state index in [2.05, 4.69) is 0 Å². The smallest absolute Gasteiger partial charge is 0.309 e. The first-order chi connectivity index (χ1) is 29.1. The summed E-state index contributed by atoms with van der Waals surface area (Å²) in [4.78, 5) is 14.4. The van der Waals surface area contributed by atoms with Crippen LogP contribution in [0.25, 0.3) is 83.9 Å². The van der Waals surface area contributed by atoms with Crippen LogP contribution in [0.5, 0.6) is 0 Å². The SMILES string of the molecule is FC(F)(F)c1cccc(-c2cc(-n3c4ccccc4c4cc(-c5cc(C(F)(F)F)cc(C(F)(F)F)c5)ccc43)ccc2-c2nc(-c3ccccc3)nc(-c3ccccc3)n2)c1. The summed E-state index contributed by atoms with van der Waals surface area (Å²) in [6.07, 6.45) is -14.7. The molecule has 2 heterocycles. The van der Waals surface area contributed by atoms with Gasteiger partial charge in [-0.15, -0.1) is 0 Å². The lowest BCUT2D eigenvalue weighted by Gasteiger charge is -2.16. The molecule has 0 spiro atoms. The number of halogens is 9. The van der Waals surface area contributed by atoms with Gasteiger partial charge in [0.1, 0.15) is 0 Å². The Hall–Kier alpha value is -7.28. The van der Waals surface area contributed by atoms with Gasteiger partial charge in [0.25, 0.3) is 0 Å². The molecular formula is C48H27F9N4. The number of hydrogen-bond acceptors (Lipinski definition) is 3. The second-order valence-electron chi connectivity index (χ2n) is 14.2. The maximum Gasteiger partial charge on any atom is 0.416 e. The Morgan fingerprint density at radius 1 is 0.328 bits per heavy atom. The number of fused-ring (bicyclic) bond motifs is 3. The molecule has 0 aliphatic rings. The maximum absolute atomic E-state index is 14.2. The maximum atomic E-state index is 14.2. The molecule has 9 rings (SSSR count). The Balaban J connectivity index is 1.27. The molecule has 13 heteroatoms.